The Kier molecular flexibility index (Phi) is 5.37. The lowest BCUT2D eigenvalue weighted by molar-refractivity contribution is -0.172. The third-order valence-corrected chi connectivity index (χ3v) is 10.3. The van der Waals surface area contributed by atoms with Gasteiger partial charge in [-0.25, -0.2) is 14.2 Å². The normalized spacial score (nSPS) is 24.3. The Bertz CT molecular complexity index is 1720. The number of aryl methyl sites for hydroxylation is 1. The Balaban J connectivity index is 1.55. The van der Waals surface area contributed by atoms with Crippen molar-refractivity contribution in [3.63, 3.8) is 0 Å². The molecule has 8 nitrogen and oxygen atoms in total. The Labute approximate surface area is 230 Å². The minimum absolute atomic E-state index is 0.0437. The summed E-state index contributed by atoms with van der Waals surface area (Å²) in [5, 5.41) is 12.1. The number of primary amides is 1. The van der Waals surface area contributed by atoms with Gasteiger partial charge in [-0.15, -0.1) is 0 Å². The number of fused-ring (bicyclic) bond motifs is 5. The van der Waals surface area contributed by atoms with E-state index < -0.39 is 17.0 Å². The number of hydrogen-bond donors (Lipinski definition) is 2. The van der Waals surface area contributed by atoms with Crippen LogP contribution in [0.3, 0.4) is 0 Å². The Morgan fingerprint density at radius 3 is 2.65 bits per heavy atom. The van der Waals surface area contributed by atoms with E-state index in [0.29, 0.717) is 48.2 Å². The molecule has 7 rings (SSSR count). The molecule has 0 bridgehead atoms. The second-order valence-electron chi connectivity index (χ2n) is 12.0. The molecule has 0 spiro atoms. The number of carbonyl (C=O) groups excluding carboxylic acids is 2. The Hall–Kier alpha value is -3.59. The number of halogens is 1. The zero-order valence-electron chi connectivity index (χ0n) is 22.7. The number of aliphatic hydroxyl groups is 1. The van der Waals surface area contributed by atoms with Crippen LogP contribution in [0.25, 0.3) is 22.3 Å². The van der Waals surface area contributed by atoms with Gasteiger partial charge in [-0.2, -0.15) is 0 Å². The van der Waals surface area contributed by atoms with Crippen LogP contribution in [0.15, 0.2) is 16.9 Å². The van der Waals surface area contributed by atoms with Crippen molar-refractivity contribution < 1.29 is 23.8 Å². The van der Waals surface area contributed by atoms with Gasteiger partial charge in [-0.3, -0.25) is 9.59 Å². The summed E-state index contributed by atoms with van der Waals surface area (Å²) in [5.74, 6) is -1.61. The number of aromatic nitrogens is 2. The molecule has 1 fully saturated rings. The van der Waals surface area contributed by atoms with E-state index in [4.69, 9.17) is 15.5 Å². The maximum absolute atomic E-state index is 15.2. The topological polar surface area (TPSA) is 125 Å². The molecule has 208 valence electrons. The van der Waals surface area contributed by atoms with E-state index in [9.17, 15) is 19.5 Å². The zero-order chi connectivity index (χ0) is 28.1. The van der Waals surface area contributed by atoms with Crippen LogP contribution in [0, 0.1) is 18.2 Å². The van der Waals surface area contributed by atoms with Gasteiger partial charge >= 0.3 is 5.97 Å². The van der Waals surface area contributed by atoms with Gasteiger partial charge in [-0.05, 0) is 67.7 Å². The number of hydrogen-bond acceptors (Lipinski definition) is 6. The van der Waals surface area contributed by atoms with Crippen LogP contribution in [0.2, 0.25) is 0 Å². The predicted octanol–water partition coefficient (Wildman–Crippen LogP) is 3.99. The average molecular weight is 546 g/mol. The second-order valence-corrected chi connectivity index (χ2v) is 12.0. The first-order valence-corrected chi connectivity index (χ1v) is 14.2. The third-order valence-electron chi connectivity index (χ3n) is 10.3. The highest BCUT2D eigenvalue weighted by atomic mass is 19.1. The van der Waals surface area contributed by atoms with E-state index in [1.54, 1.807) is 24.5 Å². The average Bonchev–Trinajstić information content (AvgIpc) is 3.33. The third kappa shape index (κ3) is 3.09. The number of cyclic esters (lactones) is 1. The molecular weight excluding hydrogens is 513 g/mol. The molecule has 4 heterocycles. The van der Waals surface area contributed by atoms with Crippen molar-refractivity contribution in [2.75, 3.05) is 0 Å². The number of ether oxygens (including phenoxy) is 1. The quantitative estimate of drug-likeness (QED) is 0.375. The molecule has 1 saturated carbocycles. The number of pyridine rings is 2. The van der Waals surface area contributed by atoms with E-state index >= 15 is 4.39 Å². The van der Waals surface area contributed by atoms with Gasteiger partial charge in [0, 0.05) is 22.6 Å². The summed E-state index contributed by atoms with van der Waals surface area (Å²) in [7, 11) is 0. The van der Waals surface area contributed by atoms with Gasteiger partial charge in [0.15, 0.2) is 5.60 Å². The summed E-state index contributed by atoms with van der Waals surface area (Å²) in [6.07, 6.45) is 5.61. The van der Waals surface area contributed by atoms with Crippen molar-refractivity contribution in [2.45, 2.75) is 89.9 Å². The molecule has 3 aromatic rings. The summed E-state index contributed by atoms with van der Waals surface area (Å²) >= 11 is 0. The first-order chi connectivity index (χ1) is 19.1. The maximum atomic E-state index is 15.2. The molecule has 2 atom stereocenters. The Morgan fingerprint density at radius 1 is 1.20 bits per heavy atom. The number of carbonyl (C=O) groups is 2. The minimum atomic E-state index is -1.94. The van der Waals surface area contributed by atoms with Gasteiger partial charge in [0.2, 0.25) is 5.91 Å². The molecule has 1 aromatic carbocycles. The standard InChI is InChI=1S/C31H32FN3O5/c1-3-31(39)20-11-23-26-17(13-35(23)27(36)18(20)14-40-29(31)38)24-19(30(28(33)37)9-5-4-6-10-30)8-7-16-15(2)21(32)12-22(34-26)25(16)24/h11-12,19,39H,3-10,13-14H2,1-2H3,(H2,33,37)/t19-,31-/m0/s1. The lowest BCUT2D eigenvalue weighted by Gasteiger charge is -2.44. The molecule has 2 aromatic heterocycles. The fourth-order valence-corrected chi connectivity index (χ4v) is 8.06. The van der Waals surface area contributed by atoms with Gasteiger partial charge in [0.1, 0.15) is 12.4 Å². The van der Waals surface area contributed by atoms with Crippen LogP contribution >= 0.6 is 0 Å². The number of esters is 1. The van der Waals surface area contributed by atoms with E-state index in [1.165, 1.54) is 6.07 Å². The molecular formula is C31H32FN3O5. The molecule has 3 N–H and O–H groups in total. The molecule has 40 heavy (non-hydrogen) atoms. The number of amides is 1. The SMILES string of the molecule is CC[C@@]1(O)C(=O)OCc2c1cc1n(c2=O)Cc2c-1nc1cc(F)c(C)c3c1c2[C@@H](C1(C(N)=O)CCCCC1)CC3. The lowest BCUT2D eigenvalue weighted by Crippen LogP contribution is -2.45. The largest absolute Gasteiger partial charge is 0.458 e. The van der Waals surface area contributed by atoms with Crippen molar-refractivity contribution in [1.82, 2.24) is 9.55 Å². The summed E-state index contributed by atoms with van der Waals surface area (Å²) in [4.78, 5) is 44.6. The van der Waals surface area contributed by atoms with E-state index in [1.807, 2.05) is 0 Å². The lowest BCUT2D eigenvalue weighted by atomic mass is 9.59. The summed E-state index contributed by atoms with van der Waals surface area (Å²) < 4.78 is 22.0. The molecule has 0 saturated heterocycles. The van der Waals surface area contributed by atoms with Crippen LogP contribution in [-0.2, 0) is 39.5 Å². The zero-order valence-corrected chi connectivity index (χ0v) is 22.7. The molecule has 1 amide bonds. The minimum Gasteiger partial charge on any atom is -0.458 e. The summed E-state index contributed by atoms with van der Waals surface area (Å²) in [6, 6.07) is 3.11. The predicted molar refractivity (Wildman–Crippen MR) is 145 cm³/mol. The number of nitrogens with zero attached hydrogens (tertiary/aromatic N) is 2. The molecule has 0 unspecified atom stereocenters. The molecule has 2 aliphatic heterocycles. The highest BCUT2D eigenvalue weighted by Crippen LogP contribution is 2.56. The smallest absolute Gasteiger partial charge is 0.343 e. The van der Waals surface area contributed by atoms with Crippen molar-refractivity contribution in [1.29, 1.82) is 0 Å². The Morgan fingerprint density at radius 2 is 1.95 bits per heavy atom. The van der Waals surface area contributed by atoms with Gasteiger partial charge in [0.25, 0.3) is 5.56 Å². The van der Waals surface area contributed by atoms with Crippen LogP contribution in [-0.4, -0.2) is 26.5 Å². The monoisotopic (exact) mass is 545 g/mol. The van der Waals surface area contributed by atoms with Crippen LogP contribution in [0.1, 0.15) is 91.2 Å². The highest BCUT2D eigenvalue weighted by Gasteiger charge is 2.50. The fraction of sp³-hybridized carbons (Fsp3) is 0.484. The first-order valence-electron chi connectivity index (χ1n) is 14.2. The number of nitrogens with two attached hydrogens (primary N) is 1. The van der Waals surface area contributed by atoms with Crippen LogP contribution in [0.5, 0.6) is 0 Å². The van der Waals surface area contributed by atoms with Crippen molar-refractivity contribution in [3.05, 3.63) is 61.7 Å². The van der Waals surface area contributed by atoms with Crippen molar-refractivity contribution in [3.8, 4) is 11.4 Å². The van der Waals surface area contributed by atoms with Gasteiger partial charge in [-0.1, -0.05) is 26.2 Å². The number of benzene rings is 1. The van der Waals surface area contributed by atoms with E-state index in [-0.39, 0.29) is 53.9 Å². The summed E-state index contributed by atoms with van der Waals surface area (Å²) in [6.45, 7) is 3.46. The molecule has 0 radical (unpaired) electrons. The van der Waals surface area contributed by atoms with E-state index in [2.05, 4.69) is 0 Å². The highest BCUT2D eigenvalue weighted by molar-refractivity contribution is 5.95. The fourth-order valence-electron chi connectivity index (χ4n) is 8.06. The maximum Gasteiger partial charge on any atom is 0.343 e. The number of rotatable bonds is 3. The molecule has 4 aliphatic rings. The van der Waals surface area contributed by atoms with Crippen molar-refractivity contribution >= 4 is 22.8 Å². The molecule has 9 heteroatoms. The van der Waals surface area contributed by atoms with E-state index in [0.717, 1.165) is 41.3 Å². The molecule has 2 aliphatic carbocycles. The second kappa shape index (κ2) is 8.46. The van der Waals surface area contributed by atoms with Crippen LogP contribution < -0.4 is 11.3 Å². The van der Waals surface area contributed by atoms with Gasteiger partial charge < -0.3 is 20.1 Å². The van der Waals surface area contributed by atoms with Crippen LogP contribution in [0.4, 0.5) is 4.39 Å². The van der Waals surface area contributed by atoms with Gasteiger partial charge in [0.05, 0.1) is 34.4 Å². The first kappa shape index (κ1) is 25.4. The van der Waals surface area contributed by atoms with Crippen molar-refractivity contribution in [2.24, 2.45) is 11.1 Å². The summed E-state index contributed by atoms with van der Waals surface area (Å²) in [5.41, 5.74) is 8.41.